The summed E-state index contributed by atoms with van der Waals surface area (Å²) in [5.74, 6) is 1.80. The first-order valence-corrected chi connectivity index (χ1v) is 3.93. The Labute approximate surface area is 58.1 Å². The van der Waals surface area contributed by atoms with E-state index in [1.807, 2.05) is 0 Å². The average Bonchev–Trinajstić information content (AvgIpc) is 1.66. The highest BCUT2D eigenvalue weighted by atomic mass is 32.1. The molecule has 0 aromatic heterocycles. The highest BCUT2D eigenvalue weighted by Gasteiger charge is 1.91. The average molecular weight is 131 g/mol. The molecule has 0 fully saturated rings. The van der Waals surface area contributed by atoms with Gasteiger partial charge in [0.2, 0.25) is 0 Å². The monoisotopic (exact) mass is 131 g/mol. The van der Waals surface area contributed by atoms with E-state index in [-0.39, 0.29) is 0 Å². The van der Waals surface area contributed by atoms with Crippen molar-refractivity contribution in [3.63, 3.8) is 0 Å². The molecule has 0 aliphatic rings. The predicted octanol–water partition coefficient (Wildman–Crippen LogP) is 3.01. The maximum absolute atomic E-state index is 4.80. The van der Waals surface area contributed by atoms with Gasteiger partial charge in [0, 0.05) is 5.75 Å². The Hall–Kier alpha value is 0.350. The van der Waals surface area contributed by atoms with Gasteiger partial charge in [-0.1, -0.05) is 39.3 Å². The molecule has 0 spiro atoms. The largest absolute Gasteiger partial charge is 0.0942 e. The molecule has 0 saturated carbocycles. The zero-order valence-corrected chi connectivity index (χ0v) is 6.63. The molecule has 0 atom stereocenters. The summed E-state index contributed by atoms with van der Waals surface area (Å²) in [4.78, 5) is 0. The van der Waals surface area contributed by atoms with Gasteiger partial charge in [-0.05, 0) is 12.3 Å². The van der Waals surface area contributed by atoms with Gasteiger partial charge in [-0.2, -0.15) is 0 Å². The van der Waals surface area contributed by atoms with Crippen LogP contribution in [0.1, 0.15) is 33.1 Å². The summed E-state index contributed by atoms with van der Waals surface area (Å²) in [6.45, 7) is 4.51. The Morgan fingerprint density at radius 1 is 1.25 bits per heavy atom. The molecular weight excluding hydrogens is 116 g/mol. The summed E-state index contributed by atoms with van der Waals surface area (Å²) in [5.41, 5.74) is 0. The second-order valence-electron chi connectivity index (χ2n) is 2.59. The van der Waals surface area contributed by atoms with E-state index in [1.54, 1.807) is 0 Å². The topological polar surface area (TPSA) is 0 Å². The molecule has 0 heterocycles. The van der Waals surface area contributed by atoms with Crippen molar-refractivity contribution in [3.8, 4) is 0 Å². The first-order valence-electron chi connectivity index (χ1n) is 3.35. The second-order valence-corrected chi connectivity index (χ2v) is 3.00. The standard InChI is InChI=1S/C7H15S/c1-7(2)5-3-4-6-8/h7H,3-6H2,1-2H3. The molecular formula is C7H15S. The van der Waals surface area contributed by atoms with Gasteiger partial charge in [0.15, 0.2) is 0 Å². The molecule has 0 saturated heterocycles. The first-order chi connectivity index (χ1) is 3.77. The molecule has 0 unspecified atom stereocenters. The minimum absolute atomic E-state index is 0.858. The molecule has 1 heteroatoms. The number of rotatable bonds is 4. The fraction of sp³-hybridized carbons (Fsp3) is 1.00. The van der Waals surface area contributed by atoms with Crippen molar-refractivity contribution in [1.29, 1.82) is 0 Å². The van der Waals surface area contributed by atoms with Crippen molar-refractivity contribution in [1.82, 2.24) is 0 Å². The van der Waals surface area contributed by atoms with Gasteiger partial charge in [0.05, 0.1) is 0 Å². The van der Waals surface area contributed by atoms with Crippen molar-refractivity contribution < 1.29 is 0 Å². The normalized spacial score (nSPS) is 10.5. The third-order valence-electron chi connectivity index (χ3n) is 1.18. The van der Waals surface area contributed by atoms with Crippen LogP contribution in [0.2, 0.25) is 0 Å². The first kappa shape index (κ1) is 8.35. The summed E-state index contributed by atoms with van der Waals surface area (Å²) in [6.07, 6.45) is 3.89. The van der Waals surface area contributed by atoms with Crippen LogP contribution in [0.15, 0.2) is 0 Å². The van der Waals surface area contributed by atoms with Crippen LogP contribution in [0, 0.1) is 5.92 Å². The van der Waals surface area contributed by atoms with E-state index in [2.05, 4.69) is 13.8 Å². The van der Waals surface area contributed by atoms with E-state index in [9.17, 15) is 0 Å². The van der Waals surface area contributed by atoms with E-state index in [0.717, 1.165) is 11.7 Å². The molecule has 0 aliphatic heterocycles. The highest BCUT2D eigenvalue weighted by molar-refractivity contribution is 7.80. The second kappa shape index (κ2) is 5.49. The molecule has 0 aromatic carbocycles. The summed E-state index contributed by atoms with van der Waals surface area (Å²) >= 11 is 4.80. The lowest BCUT2D eigenvalue weighted by molar-refractivity contribution is 0.552. The molecule has 0 aromatic rings. The zero-order chi connectivity index (χ0) is 6.41. The molecule has 0 N–H and O–H groups in total. The summed E-state index contributed by atoms with van der Waals surface area (Å²) in [5, 5.41) is 0. The lowest BCUT2D eigenvalue weighted by Gasteiger charge is -2.00. The Balaban J connectivity index is 2.72. The van der Waals surface area contributed by atoms with Crippen LogP contribution in [0.4, 0.5) is 0 Å². The SMILES string of the molecule is CC(C)CCCC[S]. The Kier molecular flexibility index (Phi) is 5.73. The molecule has 49 valence electrons. The fourth-order valence-electron chi connectivity index (χ4n) is 0.655. The number of hydrogen-bond donors (Lipinski definition) is 0. The Morgan fingerprint density at radius 2 is 1.88 bits per heavy atom. The van der Waals surface area contributed by atoms with E-state index in [1.165, 1.54) is 19.3 Å². The van der Waals surface area contributed by atoms with Crippen LogP contribution in [0.5, 0.6) is 0 Å². The molecule has 0 bridgehead atoms. The maximum Gasteiger partial charge on any atom is 0.00369 e. The maximum atomic E-state index is 4.80. The molecule has 0 nitrogen and oxygen atoms in total. The molecule has 0 rings (SSSR count). The minimum Gasteiger partial charge on any atom is -0.0942 e. The third-order valence-corrected chi connectivity index (χ3v) is 1.46. The van der Waals surface area contributed by atoms with Gasteiger partial charge in [-0.15, -0.1) is 0 Å². The van der Waals surface area contributed by atoms with Crippen LogP contribution in [0.25, 0.3) is 0 Å². The van der Waals surface area contributed by atoms with Gasteiger partial charge in [0.1, 0.15) is 0 Å². The Bertz CT molecular complexity index is 41.7. The van der Waals surface area contributed by atoms with E-state index < -0.39 is 0 Å². The summed E-state index contributed by atoms with van der Waals surface area (Å²) in [6, 6.07) is 0. The summed E-state index contributed by atoms with van der Waals surface area (Å²) < 4.78 is 0. The lowest BCUT2D eigenvalue weighted by Crippen LogP contribution is -1.86. The minimum atomic E-state index is 0.858. The van der Waals surface area contributed by atoms with Crippen LogP contribution >= 0.6 is 12.6 Å². The smallest absolute Gasteiger partial charge is 0.00369 e. The Morgan fingerprint density at radius 3 is 2.25 bits per heavy atom. The molecule has 0 aliphatic carbocycles. The molecule has 0 amide bonds. The van der Waals surface area contributed by atoms with Crippen molar-refractivity contribution in [3.05, 3.63) is 0 Å². The number of hydrogen-bond acceptors (Lipinski definition) is 0. The fourth-order valence-corrected chi connectivity index (χ4v) is 0.859. The van der Waals surface area contributed by atoms with Gasteiger partial charge < -0.3 is 0 Å². The predicted molar refractivity (Wildman–Crippen MR) is 41.1 cm³/mol. The van der Waals surface area contributed by atoms with Crippen molar-refractivity contribution in [2.75, 3.05) is 5.75 Å². The van der Waals surface area contributed by atoms with Crippen LogP contribution in [-0.2, 0) is 0 Å². The van der Waals surface area contributed by atoms with E-state index in [4.69, 9.17) is 12.6 Å². The number of unbranched alkanes of at least 4 members (excludes halogenated alkanes) is 1. The van der Waals surface area contributed by atoms with Crippen molar-refractivity contribution in [2.24, 2.45) is 5.92 Å². The van der Waals surface area contributed by atoms with E-state index >= 15 is 0 Å². The van der Waals surface area contributed by atoms with Gasteiger partial charge in [-0.3, -0.25) is 0 Å². The van der Waals surface area contributed by atoms with Crippen LogP contribution in [0.3, 0.4) is 0 Å². The van der Waals surface area contributed by atoms with Crippen molar-refractivity contribution >= 4 is 12.6 Å². The van der Waals surface area contributed by atoms with Crippen LogP contribution < -0.4 is 0 Å². The van der Waals surface area contributed by atoms with Gasteiger partial charge >= 0.3 is 0 Å². The zero-order valence-electron chi connectivity index (χ0n) is 5.81. The highest BCUT2D eigenvalue weighted by Crippen LogP contribution is 2.05. The molecule has 1 radical (unpaired) electrons. The quantitative estimate of drug-likeness (QED) is 0.514. The van der Waals surface area contributed by atoms with Gasteiger partial charge in [-0.25, -0.2) is 0 Å². The van der Waals surface area contributed by atoms with E-state index in [0.29, 0.717) is 0 Å². The molecule has 8 heavy (non-hydrogen) atoms. The summed E-state index contributed by atoms with van der Waals surface area (Å²) in [7, 11) is 0. The third kappa shape index (κ3) is 6.35. The van der Waals surface area contributed by atoms with Crippen molar-refractivity contribution in [2.45, 2.75) is 33.1 Å². The van der Waals surface area contributed by atoms with Gasteiger partial charge in [0.25, 0.3) is 0 Å². The van der Waals surface area contributed by atoms with Crippen LogP contribution in [-0.4, -0.2) is 5.75 Å². The lowest BCUT2D eigenvalue weighted by atomic mass is 10.1.